The number of carbonyl (C=O) groups is 3. The Morgan fingerprint density at radius 3 is 1.68 bits per heavy atom. The molecule has 1 aromatic carbocycles. The standard InChI is InChI=1S/C22H33NO10S/c1-20-3-5-21(6-4-20)34(27,28)23-22(17-31-10-2-7-24,18-32-15-13-29-11-8-25)19-33-16-14-30-12-9-26/h3-9,23H,2,10-19H2,1H3. The summed E-state index contributed by atoms with van der Waals surface area (Å²) in [6.45, 7) is 1.81. The third-order valence-corrected chi connectivity index (χ3v) is 5.91. The Morgan fingerprint density at radius 1 is 0.735 bits per heavy atom. The minimum atomic E-state index is -3.99. The van der Waals surface area contributed by atoms with Crippen LogP contribution in [0.1, 0.15) is 12.0 Å². The molecular weight excluding hydrogens is 470 g/mol. The fourth-order valence-electron chi connectivity index (χ4n) is 2.71. The summed E-state index contributed by atoms with van der Waals surface area (Å²) in [6, 6.07) is 6.33. The number of aryl methyl sites for hydroxylation is 1. The average Bonchev–Trinajstić information content (AvgIpc) is 2.81. The summed E-state index contributed by atoms with van der Waals surface area (Å²) in [7, 11) is -3.99. The van der Waals surface area contributed by atoms with Gasteiger partial charge in [-0.05, 0) is 19.1 Å². The molecule has 12 heteroatoms. The van der Waals surface area contributed by atoms with Crippen LogP contribution in [0.25, 0.3) is 0 Å². The summed E-state index contributed by atoms with van der Waals surface area (Å²) < 4.78 is 55.8. The van der Waals surface area contributed by atoms with Gasteiger partial charge in [-0.2, -0.15) is 4.72 Å². The molecule has 0 aliphatic carbocycles. The van der Waals surface area contributed by atoms with E-state index < -0.39 is 15.6 Å². The Bertz CT molecular complexity index is 793. The van der Waals surface area contributed by atoms with E-state index in [4.69, 9.17) is 23.7 Å². The number of rotatable bonds is 22. The third kappa shape index (κ3) is 12.4. The Balaban J connectivity index is 3.00. The fourth-order valence-corrected chi connectivity index (χ4v) is 4.07. The first-order valence-electron chi connectivity index (χ1n) is 10.7. The van der Waals surface area contributed by atoms with E-state index in [2.05, 4.69) is 4.72 Å². The quantitative estimate of drug-likeness (QED) is 0.171. The van der Waals surface area contributed by atoms with Gasteiger partial charge in [-0.25, -0.2) is 8.42 Å². The van der Waals surface area contributed by atoms with Crippen LogP contribution in [0.15, 0.2) is 29.2 Å². The second-order valence-electron chi connectivity index (χ2n) is 7.30. The number of carbonyl (C=O) groups excluding carboxylic acids is 3. The van der Waals surface area contributed by atoms with E-state index >= 15 is 0 Å². The minimum Gasteiger partial charge on any atom is -0.379 e. The smallest absolute Gasteiger partial charge is 0.241 e. The predicted octanol–water partition coefficient (Wildman–Crippen LogP) is 0.0819. The van der Waals surface area contributed by atoms with Crippen molar-refractivity contribution in [2.75, 3.05) is 66.1 Å². The van der Waals surface area contributed by atoms with Crippen molar-refractivity contribution in [2.45, 2.75) is 23.8 Å². The van der Waals surface area contributed by atoms with Crippen LogP contribution < -0.4 is 4.72 Å². The molecule has 0 unspecified atom stereocenters. The van der Waals surface area contributed by atoms with Crippen LogP contribution in [-0.4, -0.2) is 98.9 Å². The zero-order valence-corrected chi connectivity index (χ0v) is 20.1. The van der Waals surface area contributed by atoms with Crippen molar-refractivity contribution in [3.8, 4) is 0 Å². The molecule has 0 spiro atoms. The van der Waals surface area contributed by atoms with Gasteiger partial charge in [0.05, 0.1) is 57.8 Å². The molecule has 0 atom stereocenters. The molecule has 0 radical (unpaired) electrons. The summed E-state index contributed by atoms with van der Waals surface area (Å²) in [5.41, 5.74) is -0.443. The van der Waals surface area contributed by atoms with Crippen molar-refractivity contribution >= 4 is 28.9 Å². The van der Waals surface area contributed by atoms with Crippen LogP contribution in [0, 0.1) is 6.92 Å². The predicted molar refractivity (Wildman–Crippen MR) is 121 cm³/mol. The van der Waals surface area contributed by atoms with Gasteiger partial charge < -0.3 is 38.1 Å². The first-order valence-corrected chi connectivity index (χ1v) is 12.2. The molecule has 1 rings (SSSR count). The summed E-state index contributed by atoms with van der Waals surface area (Å²) in [5, 5.41) is 0. The highest BCUT2D eigenvalue weighted by Crippen LogP contribution is 2.17. The number of sulfonamides is 1. The molecule has 11 nitrogen and oxygen atoms in total. The highest BCUT2D eigenvalue weighted by molar-refractivity contribution is 7.89. The lowest BCUT2D eigenvalue weighted by Crippen LogP contribution is -2.58. The second kappa shape index (κ2) is 17.4. The van der Waals surface area contributed by atoms with Gasteiger partial charge in [0.15, 0.2) is 0 Å². The Hall–Kier alpha value is -2.06. The molecule has 0 amide bonds. The first kappa shape index (κ1) is 30.0. The third-order valence-electron chi connectivity index (χ3n) is 4.31. The molecule has 1 N–H and O–H groups in total. The van der Waals surface area contributed by atoms with Crippen LogP contribution in [-0.2, 0) is 48.1 Å². The zero-order valence-electron chi connectivity index (χ0n) is 19.3. The van der Waals surface area contributed by atoms with Gasteiger partial charge in [-0.1, -0.05) is 17.7 Å². The van der Waals surface area contributed by atoms with Gasteiger partial charge >= 0.3 is 0 Å². The minimum absolute atomic E-state index is 0.0546. The molecule has 1 aromatic rings. The van der Waals surface area contributed by atoms with Gasteiger partial charge in [-0.3, -0.25) is 0 Å². The average molecular weight is 504 g/mol. The normalized spacial score (nSPS) is 11.9. The maximum Gasteiger partial charge on any atom is 0.241 e. The second-order valence-corrected chi connectivity index (χ2v) is 8.98. The molecule has 34 heavy (non-hydrogen) atoms. The topological polar surface area (TPSA) is 144 Å². The number of nitrogens with one attached hydrogen (secondary N) is 1. The number of ether oxygens (including phenoxy) is 5. The molecule has 0 bridgehead atoms. The summed E-state index contributed by atoms with van der Waals surface area (Å²) in [4.78, 5) is 31.4. The fraction of sp³-hybridized carbons (Fsp3) is 0.591. The van der Waals surface area contributed by atoms with Crippen LogP contribution in [0.3, 0.4) is 0 Å². The van der Waals surface area contributed by atoms with E-state index in [-0.39, 0.29) is 77.4 Å². The Morgan fingerprint density at radius 2 is 1.21 bits per heavy atom. The maximum atomic E-state index is 13.1. The van der Waals surface area contributed by atoms with Crippen molar-refractivity contribution in [3.63, 3.8) is 0 Å². The Labute approximate surface area is 200 Å². The molecule has 0 aliphatic heterocycles. The van der Waals surface area contributed by atoms with E-state index in [0.29, 0.717) is 18.9 Å². The largest absolute Gasteiger partial charge is 0.379 e. The molecule has 0 heterocycles. The summed E-state index contributed by atoms with van der Waals surface area (Å²) in [6.07, 6.45) is 2.06. The van der Waals surface area contributed by atoms with Crippen molar-refractivity contribution in [3.05, 3.63) is 29.8 Å². The van der Waals surface area contributed by atoms with Crippen LogP contribution in [0.4, 0.5) is 0 Å². The number of hydrogen-bond donors (Lipinski definition) is 1. The molecule has 0 aliphatic rings. The SMILES string of the molecule is Cc1ccc(S(=O)(=O)NC(COCCC=O)(COCCOCC=O)COCCOCC=O)cc1. The number of aldehydes is 3. The molecule has 192 valence electrons. The van der Waals surface area contributed by atoms with Gasteiger partial charge in [-0.15, -0.1) is 0 Å². The van der Waals surface area contributed by atoms with Gasteiger partial charge in [0.2, 0.25) is 10.0 Å². The molecular formula is C22H33NO10S. The first-order chi connectivity index (χ1) is 16.4. The van der Waals surface area contributed by atoms with Crippen molar-refractivity contribution in [1.29, 1.82) is 0 Å². The van der Waals surface area contributed by atoms with E-state index in [0.717, 1.165) is 5.56 Å². The van der Waals surface area contributed by atoms with Crippen LogP contribution in [0.2, 0.25) is 0 Å². The van der Waals surface area contributed by atoms with Crippen molar-refractivity contribution in [2.24, 2.45) is 0 Å². The van der Waals surface area contributed by atoms with Crippen LogP contribution >= 0.6 is 0 Å². The lowest BCUT2D eigenvalue weighted by molar-refractivity contribution is -0.112. The van der Waals surface area contributed by atoms with Crippen molar-refractivity contribution < 1.29 is 46.5 Å². The monoisotopic (exact) mass is 503 g/mol. The van der Waals surface area contributed by atoms with Crippen molar-refractivity contribution in [1.82, 2.24) is 4.72 Å². The summed E-state index contributed by atoms with van der Waals surface area (Å²) in [5.74, 6) is 0. The summed E-state index contributed by atoms with van der Waals surface area (Å²) >= 11 is 0. The highest BCUT2D eigenvalue weighted by Gasteiger charge is 2.37. The molecule has 0 saturated heterocycles. The highest BCUT2D eigenvalue weighted by atomic mass is 32.2. The van der Waals surface area contributed by atoms with E-state index in [1.807, 2.05) is 6.92 Å². The van der Waals surface area contributed by atoms with E-state index in [1.165, 1.54) is 12.1 Å². The lowest BCUT2D eigenvalue weighted by Gasteiger charge is -2.34. The van der Waals surface area contributed by atoms with E-state index in [1.54, 1.807) is 12.1 Å². The lowest BCUT2D eigenvalue weighted by atomic mass is 10.1. The molecule has 0 saturated carbocycles. The maximum absolute atomic E-state index is 13.1. The molecule has 0 fully saturated rings. The van der Waals surface area contributed by atoms with Gasteiger partial charge in [0.1, 0.15) is 37.6 Å². The Kier molecular flexibility index (Phi) is 15.3. The number of hydrogen-bond acceptors (Lipinski definition) is 10. The zero-order chi connectivity index (χ0) is 25.1. The van der Waals surface area contributed by atoms with E-state index in [9.17, 15) is 22.8 Å². The van der Waals surface area contributed by atoms with Gasteiger partial charge in [0.25, 0.3) is 0 Å². The van der Waals surface area contributed by atoms with Gasteiger partial charge in [0, 0.05) is 6.42 Å². The van der Waals surface area contributed by atoms with Crippen LogP contribution in [0.5, 0.6) is 0 Å². The number of benzene rings is 1. The molecule has 0 aromatic heterocycles.